The predicted molar refractivity (Wildman–Crippen MR) is 127 cm³/mol. The van der Waals surface area contributed by atoms with Crippen LogP contribution in [0.1, 0.15) is 25.1 Å². The predicted octanol–water partition coefficient (Wildman–Crippen LogP) is -0.351. The number of amides is 2. The summed E-state index contributed by atoms with van der Waals surface area (Å²) in [5, 5.41) is 15.7. The molecule has 1 aliphatic heterocycles. The summed E-state index contributed by atoms with van der Waals surface area (Å²) in [6, 6.07) is 5.30. The van der Waals surface area contributed by atoms with E-state index in [4.69, 9.17) is 31.0 Å². The van der Waals surface area contributed by atoms with Crippen molar-refractivity contribution in [2.75, 3.05) is 18.9 Å². The minimum atomic E-state index is -4.94. The summed E-state index contributed by atoms with van der Waals surface area (Å²) < 4.78 is 40.5. The summed E-state index contributed by atoms with van der Waals surface area (Å²) in [4.78, 5) is 34.4. The molecule has 15 nitrogen and oxygen atoms in total. The van der Waals surface area contributed by atoms with Crippen LogP contribution in [0.25, 0.3) is 0 Å². The zero-order chi connectivity index (χ0) is 26.7. The second-order valence-electron chi connectivity index (χ2n) is 7.83. The highest BCUT2D eigenvalue weighted by Crippen LogP contribution is 2.32. The fourth-order valence-electron chi connectivity index (χ4n) is 3.06. The van der Waals surface area contributed by atoms with E-state index in [1.165, 1.54) is 19.2 Å². The maximum absolute atomic E-state index is 12.9. The van der Waals surface area contributed by atoms with Gasteiger partial charge in [0.2, 0.25) is 0 Å². The van der Waals surface area contributed by atoms with E-state index in [0.29, 0.717) is 16.4 Å². The first kappa shape index (κ1) is 26.8. The van der Waals surface area contributed by atoms with Gasteiger partial charge in [-0.1, -0.05) is 5.16 Å². The van der Waals surface area contributed by atoms with Crippen LogP contribution in [0.5, 0.6) is 5.75 Å². The fraction of sp³-hybridized carbons (Fsp3) is 0.316. The number of ether oxygens (including phenoxy) is 1. The number of nitrogen functional groups attached to an aromatic ring is 2. The number of carbonyl (C=O) groups is 2. The molecule has 0 saturated carbocycles. The number of carbonyl (C=O) groups excluding carboxylic acids is 2. The van der Waals surface area contributed by atoms with E-state index < -0.39 is 33.8 Å². The van der Waals surface area contributed by atoms with Crippen molar-refractivity contribution in [2.45, 2.75) is 25.4 Å². The number of nitrogens with two attached hydrogens (primary N) is 2. The molecule has 2 aromatic rings. The minimum Gasteiger partial charge on any atom is -0.490 e. The van der Waals surface area contributed by atoms with Crippen LogP contribution < -0.4 is 21.5 Å². The van der Waals surface area contributed by atoms with E-state index in [0.717, 1.165) is 11.3 Å². The van der Waals surface area contributed by atoms with Crippen LogP contribution in [0, 0.1) is 5.41 Å². The van der Waals surface area contributed by atoms with Crippen LogP contribution in [-0.2, 0) is 29.1 Å². The summed E-state index contributed by atoms with van der Waals surface area (Å²) in [7, 11) is -4.94. The van der Waals surface area contributed by atoms with E-state index >= 15 is 0 Å². The van der Waals surface area contributed by atoms with E-state index in [1.54, 1.807) is 24.3 Å². The van der Waals surface area contributed by atoms with Gasteiger partial charge in [0, 0.05) is 10.9 Å². The zero-order valence-electron chi connectivity index (χ0n) is 19.0. The minimum absolute atomic E-state index is 0.0608. The third-order valence-corrected chi connectivity index (χ3v) is 5.88. The van der Waals surface area contributed by atoms with Crippen LogP contribution in [0.4, 0.5) is 5.13 Å². The Morgan fingerprint density at radius 3 is 2.53 bits per heavy atom. The molecular formula is C19H23N7O8S2. The van der Waals surface area contributed by atoms with Crippen molar-refractivity contribution < 1.29 is 36.4 Å². The van der Waals surface area contributed by atoms with Crippen LogP contribution in [0.2, 0.25) is 0 Å². The molecule has 1 atom stereocenters. The highest BCUT2D eigenvalue weighted by atomic mass is 32.3. The monoisotopic (exact) mass is 541 g/mol. The lowest BCUT2D eigenvalue weighted by Gasteiger charge is -2.50. The van der Waals surface area contributed by atoms with Crippen molar-refractivity contribution in [1.82, 2.24) is 15.4 Å². The molecule has 0 bridgehead atoms. The zero-order valence-corrected chi connectivity index (χ0v) is 20.6. The lowest BCUT2D eigenvalue weighted by Crippen LogP contribution is -2.76. The van der Waals surface area contributed by atoms with Crippen molar-refractivity contribution in [1.29, 1.82) is 5.41 Å². The first-order chi connectivity index (χ1) is 16.8. The average molecular weight is 542 g/mol. The van der Waals surface area contributed by atoms with Crippen LogP contribution >= 0.6 is 11.3 Å². The first-order valence-corrected chi connectivity index (χ1v) is 12.3. The van der Waals surface area contributed by atoms with E-state index in [9.17, 15) is 18.0 Å². The summed E-state index contributed by atoms with van der Waals surface area (Å²) in [5.41, 5.74) is 10.1. The molecule has 2 amide bonds. The molecule has 2 heterocycles. The summed E-state index contributed by atoms with van der Waals surface area (Å²) in [5.74, 6) is -1.33. The number of nitrogens with one attached hydrogen (secondary N) is 2. The van der Waals surface area contributed by atoms with Gasteiger partial charge in [-0.05, 0) is 38.1 Å². The molecule has 1 fully saturated rings. The number of thiazole rings is 1. The largest absolute Gasteiger partial charge is 0.490 e. The van der Waals surface area contributed by atoms with Crippen molar-refractivity contribution in [3.05, 3.63) is 40.9 Å². The third-order valence-electron chi connectivity index (χ3n) is 4.87. The number of amidine groups is 1. The van der Waals surface area contributed by atoms with Crippen molar-refractivity contribution in [3.8, 4) is 5.75 Å². The van der Waals surface area contributed by atoms with Gasteiger partial charge < -0.3 is 26.4 Å². The fourth-order valence-corrected chi connectivity index (χ4v) is 4.06. The van der Waals surface area contributed by atoms with Gasteiger partial charge in [-0.25, -0.2) is 4.98 Å². The Hall–Kier alpha value is -3.80. The number of hydrogen-bond donors (Lipinski definition) is 5. The number of hydrogen-bond acceptors (Lipinski definition) is 12. The second-order valence-corrected chi connectivity index (χ2v) is 9.72. The van der Waals surface area contributed by atoms with Gasteiger partial charge in [-0.15, -0.1) is 15.6 Å². The number of aromatic nitrogens is 1. The Labute approximate surface area is 209 Å². The molecule has 7 N–H and O–H groups in total. The topological polar surface area (TPSA) is 233 Å². The van der Waals surface area contributed by atoms with E-state index in [-0.39, 0.29) is 35.6 Å². The van der Waals surface area contributed by atoms with Crippen LogP contribution in [0.3, 0.4) is 0 Å². The van der Waals surface area contributed by atoms with Crippen molar-refractivity contribution >= 4 is 50.2 Å². The Morgan fingerprint density at radius 1 is 1.33 bits per heavy atom. The highest BCUT2D eigenvalue weighted by molar-refractivity contribution is 7.80. The lowest BCUT2D eigenvalue weighted by atomic mass is 9.84. The smallest absolute Gasteiger partial charge is 0.418 e. The van der Waals surface area contributed by atoms with Gasteiger partial charge in [-0.3, -0.25) is 19.6 Å². The van der Waals surface area contributed by atoms with Gasteiger partial charge in [-0.2, -0.15) is 13.5 Å². The standard InChI is InChI=1S/C19H23N7O8S2/c1-19(2)14(17(28)26(19)34-36(29,30)31)24-16(27)13(12-9-35-18(22)23-12)25-33-8-7-32-11-5-3-10(4-6-11)15(20)21/h3-6,9,14H,7-8H2,1-2H3,(H3,20,21)(H2,22,23)(H,24,27)(H,29,30,31)/b25-13-/t14-/m1/s1. The quantitative estimate of drug-likeness (QED) is 0.0615. The van der Waals surface area contributed by atoms with Gasteiger partial charge in [0.25, 0.3) is 11.8 Å². The number of hydroxylamine groups is 2. The Kier molecular flexibility index (Phi) is 7.77. The van der Waals surface area contributed by atoms with E-state index in [1.807, 2.05) is 0 Å². The molecule has 1 aromatic carbocycles. The lowest BCUT2D eigenvalue weighted by molar-refractivity contribution is -0.218. The summed E-state index contributed by atoms with van der Waals surface area (Å²) in [6.45, 7) is 2.83. The van der Waals surface area contributed by atoms with Crippen molar-refractivity contribution in [2.24, 2.45) is 10.9 Å². The van der Waals surface area contributed by atoms with Crippen molar-refractivity contribution in [3.63, 3.8) is 0 Å². The van der Waals surface area contributed by atoms with Gasteiger partial charge in [0.1, 0.15) is 29.9 Å². The van der Waals surface area contributed by atoms with Gasteiger partial charge in [0.15, 0.2) is 17.5 Å². The molecule has 0 radical (unpaired) electrons. The van der Waals surface area contributed by atoms with E-state index in [2.05, 4.69) is 19.7 Å². The SMILES string of the molecule is CC1(C)[C@H](NC(=O)/C(=N\OCCOc2ccc(C(=N)N)cc2)c2csc(N)n2)C(=O)N1OS(=O)(=O)O. The van der Waals surface area contributed by atoms with Crippen LogP contribution in [0.15, 0.2) is 34.8 Å². The third kappa shape index (κ3) is 6.25. The highest BCUT2D eigenvalue weighted by Gasteiger charge is 2.58. The second kappa shape index (κ2) is 10.4. The molecule has 1 saturated heterocycles. The normalized spacial score (nSPS) is 17.3. The molecule has 0 aliphatic carbocycles. The molecule has 3 rings (SSSR count). The average Bonchev–Trinajstić information content (AvgIpc) is 3.23. The Balaban J connectivity index is 1.64. The molecule has 0 unspecified atom stereocenters. The van der Waals surface area contributed by atoms with Crippen LogP contribution in [-0.4, -0.2) is 71.2 Å². The number of rotatable bonds is 11. The van der Waals surface area contributed by atoms with Gasteiger partial charge >= 0.3 is 10.4 Å². The Morgan fingerprint density at radius 2 is 2.00 bits per heavy atom. The molecule has 194 valence electrons. The number of anilines is 1. The summed E-state index contributed by atoms with van der Waals surface area (Å²) in [6.07, 6.45) is 0. The first-order valence-electron chi connectivity index (χ1n) is 10.1. The number of nitrogens with zero attached hydrogens (tertiary/aromatic N) is 3. The molecule has 17 heteroatoms. The number of benzene rings is 1. The Bertz CT molecular complexity index is 1290. The number of oxime groups is 1. The maximum atomic E-state index is 12.9. The molecule has 1 aliphatic rings. The molecule has 36 heavy (non-hydrogen) atoms. The summed E-state index contributed by atoms with van der Waals surface area (Å²) >= 11 is 1.05. The molecule has 0 spiro atoms. The molecule has 1 aromatic heterocycles. The van der Waals surface area contributed by atoms with Gasteiger partial charge in [0.05, 0.1) is 5.54 Å². The maximum Gasteiger partial charge on any atom is 0.418 e. The molecular weight excluding hydrogens is 518 g/mol. The number of β-lactam (4-membered cyclic amide) rings is 1.